The molecule has 0 aliphatic heterocycles. The summed E-state index contributed by atoms with van der Waals surface area (Å²) in [4.78, 5) is 12.0. The smallest absolute Gasteiger partial charge is 0.224 e. The van der Waals surface area contributed by atoms with Gasteiger partial charge >= 0.3 is 0 Å². The molecule has 0 atom stereocenters. The fraction of sp³-hybridized carbons (Fsp3) is 0.235. The highest BCUT2D eigenvalue weighted by molar-refractivity contribution is 5.79. The number of benzene rings is 2. The first-order valence-electron chi connectivity index (χ1n) is 6.73. The summed E-state index contributed by atoms with van der Waals surface area (Å²) in [7, 11) is 0. The number of carbonyl (C=O) groups excluding carboxylic acids is 1. The molecule has 0 fully saturated rings. The van der Waals surface area contributed by atoms with E-state index < -0.39 is 0 Å². The minimum atomic E-state index is 0.0288. The Labute approximate surface area is 119 Å². The molecule has 0 radical (unpaired) electrons. The van der Waals surface area contributed by atoms with Crippen molar-refractivity contribution in [2.45, 2.75) is 26.8 Å². The molecule has 3 N–H and O–H groups in total. The lowest BCUT2D eigenvalue weighted by Crippen LogP contribution is -2.25. The predicted octanol–water partition coefficient (Wildman–Crippen LogP) is 2.74. The number of nitrogen functional groups attached to an aromatic ring is 1. The largest absolute Gasteiger partial charge is 0.399 e. The summed E-state index contributed by atoms with van der Waals surface area (Å²) < 4.78 is 0. The zero-order chi connectivity index (χ0) is 14.5. The fourth-order valence-corrected chi connectivity index (χ4v) is 2.13. The third kappa shape index (κ3) is 3.38. The van der Waals surface area contributed by atoms with E-state index in [1.807, 2.05) is 56.3 Å². The maximum absolute atomic E-state index is 12.0. The molecule has 2 aromatic rings. The quantitative estimate of drug-likeness (QED) is 0.838. The molecule has 3 heteroatoms. The van der Waals surface area contributed by atoms with E-state index in [9.17, 15) is 4.79 Å². The molecule has 0 heterocycles. The van der Waals surface area contributed by atoms with Crippen LogP contribution in [0.5, 0.6) is 0 Å². The van der Waals surface area contributed by atoms with Crippen LogP contribution in [0.2, 0.25) is 0 Å². The molecule has 0 bridgehead atoms. The van der Waals surface area contributed by atoms with Crippen molar-refractivity contribution in [3.05, 3.63) is 64.7 Å². The number of anilines is 1. The van der Waals surface area contributed by atoms with Crippen LogP contribution in [0, 0.1) is 13.8 Å². The van der Waals surface area contributed by atoms with E-state index in [1.165, 1.54) is 0 Å². The molecule has 2 aromatic carbocycles. The zero-order valence-electron chi connectivity index (χ0n) is 11.9. The van der Waals surface area contributed by atoms with Gasteiger partial charge in [0.2, 0.25) is 5.91 Å². The van der Waals surface area contributed by atoms with Crippen molar-refractivity contribution in [2.24, 2.45) is 0 Å². The molecule has 0 aliphatic carbocycles. The van der Waals surface area contributed by atoms with Gasteiger partial charge in [-0.2, -0.15) is 0 Å². The van der Waals surface area contributed by atoms with Gasteiger partial charge in [0.1, 0.15) is 0 Å². The molecule has 0 unspecified atom stereocenters. The van der Waals surface area contributed by atoms with Crippen molar-refractivity contribution < 1.29 is 4.79 Å². The molecule has 3 nitrogen and oxygen atoms in total. The molecule has 0 spiro atoms. The molecule has 0 aromatic heterocycles. The Morgan fingerprint density at radius 3 is 2.50 bits per heavy atom. The number of nitrogens with two attached hydrogens (primary N) is 1. The SMILES string of the molecule is Cc1ccccc1CC(=O)NCc1cccc(N)c1C. The van der Waals surface area contributed by atoms with E-state index in [-0.39, 0.29) is 5.91 Å². The highest BCUT2D eigenvalue weighted by Gasteiger charge is 2.07. The molecule has 20 heavy (non-hydrogen) atoms. The first-order valence-corrected chi connectivity index (χ1v) is 6.73. The summed E-state index contributed by atoms with van der Waals surface area (Å²) >= 11 is 0. The summed E-state index contributed by atoms with van der Waals surface area (Å²) in [6, 6.07) is 13.7. The van der Waals surface area contributed by atoms with Gasteiger partial charge in [-0.3, -0.25) is 4.79 Å². The number of amides is 1. The van der Waals surface area contributed by atoms with Crippen LogP contribution in [0.1, 0.15) is 22.3 Å². The van der Waals surface area contributed by atoms with E-state index in [2.05, 4.69) is 5.32 Å². The monoisotopic (exact) mass is 268 g/mol. The average Bonchev–Trinajstić information content (AvgIpc) is 2.43. The number of hydrogen-bond donors (Lipinski definition) is 2. The Balaban J connectivity index is 1.96. The number of hydrogen-bond acceptors (Lipinski definition) is 2. The molecule has 0 saturated heterocycles. The highest BCUT2D eigenvalue weighted by Crippen LogP contribution is 2.15. The number of nitrogens with one attached hydrogen (secondary N) is 1. The second-order valence-corrected chi connectivity index (χ2v) is 5.01. The Kier molecular flexibility index (Phi) is 4.41. The Morgan fingerprint density at radius 1 is 1.05 bits per heavy atom. The van der Waals surface area contributed by atoms with Crippen molar-refractivity contribution >= 4 is 11.6 Å². The van der Waals surface area contributed by atoms with Gasteiger partial charge in [0, 0.05) is 12.2 Å². The first kappa shape index (κ1) is 14.1. The van der Waals surface area contributed by atoms with Gasteiger partial charge in [-0.25, -0.2) is 0 Å². The normalized spacial score (nSPS) is 10.3. The van der Waals surface area contributed by atoms with Crippen LogP contribution in [0.3, 0.4) is 0 Å². The number of carbonyl (C=O) groups is 1. The highest BCUT2D eigenvalue weighted by atomic mass is 16.1. The third-order valence-electron chi connectivity index (χ3n) is 3.58. The Hall–Kier alpha value is -2.29. The van der Waals surface area contributed by atoms with Crippen molar-refractivity contribution in [3.8, 4) is 0 Å². The van der Waals surface area contributed by atoms with Gasteiger partial charge in [0.15, 0.2) is 0 Å². The number of rotatable bonds is 4. The Morgan fingerprint density at radius 2 is 1.75 bits per heavy atom. The maximum Gasteiger partial charge on any atom is 0.224 e. The molecular weight excluding hydrogens is 248 g/mol. The van der Waals surface area contributed by atoms with Crippen LogP contribution in [0.25, 0.3) is 0 Å². The van der Waals surface area contributed by atoms with E-state index in [1.54, 1.807) is 0 Å². The minimum absolute atomic E-state index is 0.0288. The van der Waals surface area contributed by atoms with Gasteiger partial charge in [-0.15, -0.1) is 0 Å². The van der Waals surface area contributed by atoms with Gasteiger partial charge in [-0.05, 0) is 42.2 Å². The molecule has 0 aliphatic rings. The Bertz CT molecular complexity index is 620. The van der Waals surface area contributed by atoms with Gasteiger partial charge in [0.05, 0.1) is 6.42 Å². The van der Waals surface area contributed by atoms with Crippen LogP contribution < -0.4 is 11.1 Å². The lowest BCUT2D eigenvalue weighted by Gasteiger charge is -2.10. The van der Waals surface area contributed by atoms with E-state index in [4.69, 9.17) is 5.73 Å². The topological polar surface area (TPSA) is 55.1 Å². The van der Waals surface area contributed by atoms with Crippen LogP contribution in [0.4, 0.5) is 5.69 Å². The predicted molar refractivity (Wildman–Crippen MR) is 82.3 cm³/mol. The maximum atomic E-state index is 12.0. The van der Waals surface area contributed by atoms with Crippen molar-refractivity contribution in [1.29, 1.82) is 0 Å². The van der Waals surface area contributed by atoms with Crippen LogP contribution in [0.15, 0.2) is 42.5 Å². The second-order valence-electron chi connectivity index (χ2n) is 5.01. The summed E-state index contributed by atoms with van der Waals surface area (Å²) in [5.41, 5.74) is 10.9. The zero-order valence-corrected chi connectivity index (χ0v) is 11.9. The summed E-state index contributed by atoms with van der Waals surface area (Å²) in [5, 5.41) is 2.95. The van der Waals surface area contributed by atoms with Crippen LogP contribution in [-0.4, -0.2) is 5.91 Å². The lowest BCUT2D eigenvalue weighted by atomic mass is 10.0. The summed E-state index contributed by atoms with van der Waals surface area (Å²) in [5.74, 6) is 0.0288. The summed E-state index contributed by atoms with van der Waals surface area (Å²) in [6.45, 7) is 4.50. The summed E-state index contributed by atoms with van der Waals surface area (Å²) in [6.07, 6.45) is 0.411. The van der Waals surface area contributed by atoms with Gasteiger partial charge < -0.3 is 11.1 Å². The molecule has 2 rings (SSSR count). The average molecular weight is 268 g/mol. The van der Waals surface area contributed by atoms with Gasteiger partial charge in [0.25, 0.3) is 0 Å². The number of aryl methyl sites for hydroxylation is 1. The van der Waals surface area contributed by atoms with Gasteiger partial charge in [-0.1, -0.05) is 36.4 Å². The molecule has 1 amide bonds. The first-order chi connectivity index (χ1) is 9.58. The fourth-order valence-electron chi connectivity index (χ4n) is 2.13. The van der Waals surface area contributed by atoms with Crippen molar-refractivity contribution in [2.75, 3.05) is 5.73 Å². The minimum Gasteiger partial charge on any atom is -0.399 e. The van der Waals surface area contributed by atoms with Crippen LogP contribution in [-0.2, 0) is 17.8 Å². The van der Waals surface area contributed by atoms with E-state index in [0.29, 0.717) is 13.0 Å². The van der Waals surface area contributed by atoms with Crippen molar-refractivity contribution in [1.82, 2.24) is 5.32 Å². The molecule has 0 saturated carbocycles. The van der Waals surface area contributed by atoms with Crippen molar-refractivity contribution in [3.63, 3.8) is 0 Å². The van der Waals surface area contributed by atoms with E-state index in [0.717, 1.165) is 27.9 Å². The molecular formula is C17H20N2O. The lowest BCUT2D eigenvalue weighted by molar-refractivity contribution is -0.120. The van der Waals surface area contributed by atoms with E-state index >= 15 is 0 Å². The van der Waals surface area contributed by atoms with Crippen LogP contribution >= 0.6 is 0 Å². The second kappa shape index (κ2) is 6.24. The third-order valence-corrected chi connectivity index (χ3v) is 3.58. The molecule has 104 valence electrons. The standard InChI is InChI=1S/C17H20N2O/c1-12-6-3-4-7-14(12)10-17(20)19-11-15-8-5-9-16(18)13(15)2/h3-9H,10-11,18H2,1-2H3,(H,19,20).